The number of Topliss-reactive ketones (excluding diaryl/α,β-unsaturated/α-hetero) is 1. The van der Waals surface area contributed by atoms with E-state index in [-0.39, 0.29) is 11.7 Å². The molecule has 0 bridgehead atoms. The topological polar surface area (TPSA) is 66.5 Å². The van der Waals surface area contributed by atoms with Crippen LogP contribution in [0.3, 0.4) is 0 Å². The van der Waals surface area contributed by atoms with Crippen LogP contribution in [-0.2, 0) is 14.4 Å². The Bertz CT molecular complexity index is 317. The predicted molar refractivity (Wildman–Crippen MR) is 67.8 cm³/mol. The van der Waals surface area contributed by atoms with Gasteiger partial charge < -0.3 is 10.2 Å². The van der Waals surface area contributed by atoms with Gasteiger partial charge in [0.2, 0.25) is 12.2 Å². The minimum atomic E-state index is -0.736. The van der Waals surface area contributed by atoms with Crippen molar-refractivity contribution in [3.8, 4) is 0 Å². The molecular formula is C13H21N2O3. The zero-order valence-electron chi connectivity index (χ0n) is 11.1. The van der Waals surface area contributed by atoms with E-state index in [1.807, 2.05) is 6.92 Å². The molecule has 0 aromatic heterocycles. The number of piperazine rings is 1. The van der Waals surface area contributed by atoms with Gasteiger partial charge in [-0.2, -0.15) is 0 Å². The van der Waals surface area contributed by atoms with Crippen molar-refractivity contribution in [2.75, 3.05) is 19.6 Å². The van der Waals surface area contributed by atoms with Gasteiger partial charge in [0.1, 0.15) is 12.0 Å². The van der Waals surface area contributed by atoms with E-state index in [0.29, 0.717) is 32.5 Å². The zero-order chi connectivity index (χ0) is 13.5. The number of nitrogens with one attached hydrogen (secondary N) is 1. The molecule has 1 radical (unpaired) electrons. The highest BCUT2D eigenvalue weighted by Gasteiger charge is 2.34. The summed E-state index contributed by atoms with van der Waals surface area (Å²) in [7, 11) is 0. The number of carbonyl (C=O) groups is 2. The van der Waals surface area contributed by atoms with Gasteiger partial charge >= 0.3 is 0 Å². The van der Waals surface area contributed by atoms with Crippen LogP contribution in [0.25, 0.3) is 0 Å². The molecule has 0 spiro atoms. The zero-order valence-corrected chi connectivity index (χ0v) is 11.1. The number of rotatable bonds is 6. The minimum Gasteiger partial charge on any atom is -0.329 e. The monoisotopic (exact) mass is 253 g/mol. The van der Waals surface area contributed by atoms with E-state index in [0.717, 1.165) is 6.42 Å². The van der Waals surface area contributed by atoms with Crippen molar-refractivity contribution in [3.05, 3.63) is 0 Å². The van der Waals surface area contributed by atoms with Crippen LogP contribution in [0.5, 0.6) is 0 Å². The molecule has 2 unspecified atom stereocenters. The highest BCUT2D eigenvalue weighted by molar-refractivity contribution is 5.96. The summed E-state index contributed by atoms with van der Waals surface area (Å²) in [4.78, 5) is 36.4. The number of carbonyl (C=O) groups excluding carboxylic acids is 3. The van der Waals surface area contributed by atoms with Gasteiger partial charge in [-0.1, -0.05) is 13.8 Å². The molecule has 0 aliphatic carbocycles. The minimum absolute atomic E-state index is 0.0683. The number of hydrogen-bond donors (Lipinski definition) is 1. The second kappa shape index (κ2) is 7.26. The van der Waals surface area contributed by atoms with Gasteiger partial charge in [-0.05, 0) is 12.8 Å². The maximum absolute atomic E-state index is 12.2. The highest BCUT2D eigenvalue weighted by atomic mass is 16.2. The average molecular weight is 253 g/mol. The van der Waals surface area contributed by atoms with Gasteiger partial charge in [-0.25, -0.2) is 0 Å². The third kappa shape index (κ3) is 3.38. The molecule has 1 saturated heterocycles. The second-order valence-electron chi connectivity index (χ2n) is 4.55. The van der Waals surface area contributed by atoms with Crippen molar-refractivity contribution in [1.29, 1.82) is 0 Å². The number of nitrogens with zero attached hydrogens (tertiary/aromatic N) is 1. The molecule has 0 aromatic carbocycles. The van der Waals surface area contributed by atoms with Gasteiger partial charge in [0, 0.05) is 26.1 Å². The van der Waals surface area contributed by atoms with E-state index in [2.05, 4.69) is 5.32 Å². The summed E-state index contributed by atoms with van der Waals surface area (Å²) in [6.45, 7) is 5.35. The van der Waals surface area contributed by atoms with E-state index in [4.69, 9.17) is 0 Å². The molecule has 1 rings (SSSR count). The first-order valence-corrected chi connectivity index (χ1v) is 6.57. The van der Waals surface area contributed by atoms with Gasteiger partial charge in [-0.3, -0.25) is 14.4 Å². The number of ketones is 1. The van der Waals surface area contributed by atoms with Gasteiger partial charge in [0.05, 0.1) is 0 Å². The fraction of sp³-hybridized carbons (Fsp3) is 0.769. The molecule has 1 aliphatic rings. The molecule has 0 saturated carbocycles. The Morgan fingerprint density at radius 2 is 2.17 bits per heavy atom. The fourth-order valence-electron chi connectivity index (χ4n) is 2.18. The van der Waals surface area contributed by atoms with Gasteiger partial charge in [-0.15, -0.1) is 0 Å². The van der Waals surface area contributed by atoms with E-state index in [9.17, 15) is 14.4 Å². The molecule has 5 nitrogen and oxygen atoms in total. The van der Waals surface area contributed by atoms with Crippen molar-refractivity contribution in [2.45, 2.75) is 39.2 Å². The summed E-state index contributed by atoms with van der Waals surface area (Å²) in [5.74, 6) is -0.928. The Labute approximate surface area is 108 Å². The first kappa shape index (κ1) is 14.8. The summed E-state index contributed by atoms with van der Waals surface area (Å²) in [5, 5.41) is 3.12. The molecular weight excluding hydrogens is 232 g/mol. The van der Waals surface area contributed by atoms with E-state index < -0.39 is 12.0 Å². The smallest absolute Gasteiger partial charge is 0.234 e. The standard InChI is InChI=1S/C13H21N2O3/c1-3-5-12(17)11-8-14-6-7-15(11)13(18)10(4-2)9-16/h10-11,14H,3-8H2,1-2H3. The molecule has 1 aliphatic heterocycles. The van der Waals surface area contributed by atoms with Crippen molar-refractivity contribution >= 4 is 18.0 Å². The van der Waals surface area contributed by atoms with Crippen LogP contribution < -0.4 is 5.32 Å². The maximum Gasteiger partial charge on any atom is 0.234 e. The predicted octanol–water partition coefficient (Wildman–Crippen LogP) is 0.292. The number of hydrogen-bond acceptors (Lipinski definition) is 4. The summed E-state index contributed by atoms with van der Waals surface area (Å²) in [5.41, 5.74) is 0. The highest BCUT2D eigenvalue weighted by Crippen LogP contribution is 2.13. The quantitative estimate of drug-likeness (QED) is 0.691. The second-order valence-corrected chi connectivity index (χ2v) is 4.55. The lowest BCUT2D eigenvalue weighted by Crippen LogP contribution is -2.58. The normalized spacial score (nSPS) is 21.4. The first-order valence-electron chi connectivity index (χ1n) is 6.57. The first-order chi connectivity index (χ1) is 8.65. The lowest BCUT2D eigenvalue weighted by Gasteiger charge is -2.36. The Kier molecular flexibility index (Phi) is 5.98. The van der Waals surface area contributed by atoms with Crippen LogP contribution in [-0.4, -0.2) is 48.6 Å². The van der Waals surface area contributed by atoms with Crippen molar-refractivity contribution in [2.24, 2.45) is 5.92 Å². The Hall–Kier alpha value is -1.23. The lowest BCUT2D eigenvalue weighted by atomic mass is 10.0. The number of amides is 1. The maximum atomic E-state index is 12.2. The summed E-state index contributed by atoms with van der Waals surface area (Å²) in [6, 6.07) is -0.423. The van der Waals surface area contributed by atoms with Crippen molar-refractivity contribution in [1.82, 2.24) is 10.2 Å². The largest absolute Gasteiger partial charge is 0.329 e. The van der Waals surface area contributed by atoms with E-state index >= 15 is 0 Å². The summed E-state index contributed by atoms with van der Waals surface area (Å²) < 4.78 is 0. The summed E-state index contributed by atoms with van der Waals surface area (Å²) in [6.07, 6.45) is 3.44. The molecule has 1 amide bonds. The third-order valence-electron chi connectivity index (χ3n) is 3.24. The molecule has 1 N–H and O–H groups in total. The Morgan fingerprint density at radius 3 is 2.72 bits per heavy atom. The van der Waals surface area contributed by atoms with Gasteiger partial charge in [0.25, 0.3) is 0 Å². The molecule has 0 aromatic rings. The fourth-order valence-corrected chi connectivity index (χ4v) is 2.18. The summed E-state index contributed by atoms with van der Waals surface area (Å²) >= 11 is 0. The molecule has 1 fully saturated rings. The Balaban J connectivity index is 2.78. The SMILES string of the molecule is CCCC(=O)C1CNCCN1C(=O)C([C]=O)CC. The third-order valence-corrected chi connectivity index (χ3v) is 3.24. The van der Waals surface area contributed by atoms with Crippen LogP contribution in [0.1, 0.15) is 33.1 Å². The van der Waals surface area contributed by atoms with Crippen molar-refractivity contribution in [3.63, 3.8) is 0 Å². The molecule has 1 heterocycles. The van der Waals surface area contributed by atoms with Crippen LogP contribution in [0, 0.1) is 5.92 Å². The average Bonchev–Trinajstić information content (AvgIpc) is 2.40. The van der Waals surface area contributed by atoms with Crippen LogP contribution in [0.2, 0.25) is 0 Å². The molecule has 101 valence electrons. The Morgan fingerprint density at radius 1 is 1.44 bits per heavy atom. The van der Waals surface area contributed by atoms with Crippen LogP contribution >= 0.6 is 0 Å². The van der Waals surface area contributed by atoms with E-state index in [1.54, 1.807) is 18.1 Å². The van der Waals surface area contributed by atoms with Gasteiger partial charge in [0.15, 0.2) is 5.78 Å². The lowest BCUT2D eigenvalue weighted by molar-refractivity contribution is -0.142. The molecule has 18 heavy (non-hydrogen) atoms. The molecule has 2 atom stereocenters. The van der Waals surface area contributed by atoms with Crippen LogP contribution in [0.15, 0.2) is 0 Å². The van der Waals surface area contributed by atoms with Crippen molar-refractivity contribution < 1.29 is 14.4 Å². The molecule has 5 heteroatoms. The van der Waals surface area contributed by atoms with E-state index in [1.165, 1.54) is 0 Å². The van der Waals surface area contributed by atoms with Crippen LogP contribution in [0.4, 0.5) is 0 Å².